The standard InChI is InChI=1S/C39H46ClN5O3/c1-2-3-4-5-6-7-8-9-10-14-24-34(40)37(46)42-32-22-17-21-31(27-32)41-36-35(39(48)45(43-36)28-29-18-12-11-13-19-29)44-26-25-30-20-15-16-23-33(30)38(44)47/h11-13,15-23,25-27,34-35H,2-10,14,24,28H2,1H3,(H,41,43)(H,42,46). The first-order valence-electron chi connectivity index (χ1n) is 17.3. The van der Waals surface area contributed by atoms with E-state index in [1.54, 1.807) is 30.5 Å². The zero-order valence-electron chi connectivity index (χ0n) is 27.7. The Morgan fingerprint density at radius 2 is 1.48 bits per heavy atom. The summed E-state index contributed by atoms with van der Waals surface area (Å²) in [5.41, 5.74) is 1.82. The number of benzene rings is 3. The van der Waals surface area contributed by atoms with E-state index in [4.69, 9.17) is 11.6 Å². The molecule has 0 radical (unpaired) electrons. The van der Waals surface area contributed by atoms with Gasteiger partial charge in [0.05, 0.1) is 6.54 Å². The maximum absolute atomic E-state index is 13.8. The quantitative estimate of drug-likeness (QED) is 0.0868. The first-order valence-corrected chi connectivity index (χ1v) is 17.7. The molecule has 48 heavy (non-hydrogen) atoms. The molecule has 1 aliphatic rings. The number of carbonyl (C=O) groups excluding carboxylic acids is 2. The predicted octanol–water partition coefficient (Wildman–Crippen LogP) is 8.87. The van der Waals surface area contributed by atoms with Crippen molar-refractivity contribution in [2.75, 3.05) is 10.6 Å². The molecule has 2 unspecified atom stereocenters. The number of unbranched alkanes of at least 4 members (excludes halogenated alkanes) is 9. The average Bonchev–Trinajstić information content (AvgIpc) is 3.39. The normalized spacial score (nSPS) is 15.0. The second kappa shape index (κ2) is 17.6. The van der Waals surface area contributed by atoms with Crippen molar-refractivity contribution in [1.82, 2.24) is 9.58 Å². The number of hydrogen-bond acceptors (Lipinski definition) is 5. The average molecular weight is 668 g/mol. The summed E-state index contributed by atoms with van der Waals surface area (Å²) in [6.45, 7) is 2.50. The number of nitrogens with one attached hydrogen (secondary N) is 2. The van der Waals surface area contributed by atoms with E-state index in [0.717, 1.165) is 23.8 Å². The molecule has 0 saturated carbocycles. The number of anilines is 2. The molecule has 2 N–H and O–H groups in total. The molecule has 2 amide bonds. The van der Waals surface area contributed by atoms with Gasteiger partial charge in [0.25, 0.3) is 11.5 Å². The Labute approximate surface area is 288 Å². The molecule has 5 rings (SSSR count). The van der Waals surface area contributed by atoms with Gasteiger partial charge in [0.1, 0.15) is 5.38 Å². The van der Waals surface area contributed by atoms with E-state index in [2.05, 4.69) is 22.7 Å². The zero-order valence-corrected chi connectivity index (χ0v) is 28.5. The number of nitrogens with zero attached hydrogens (tertiary/aromatic N) is 3. The third kappa shape index (κ3) is 9.34. The molecule has 252 valence electrons. The van der Waals surface area contributed by atoms with Crippen LogP contribution >= 0.6 is 11.6 Å². The Balaban J connectivity index is 1.22. The lowest BCUT2D eigenvalue weighted by molar-refractivity contribution is -0.131. The van der Waals surface area contributed by atoms with Crippen molar-refractivity contribution in [1.29, 1.82) is 0 Å². The molecule has 0 fully saturated rings. The monoisotopic (exact) mass is 667 g/mol. The second-order valence-corrected chi connectivity index (χ2v) is 13.0. The highest BCUT2D eigenvalue weighted by atomic mass is 35.5. The molecule has 1 aliphatic heterocycles. The van der Waals surface area contributed by atoms with E-state index in [9.17, 15) is 14.4 Å². The summed E-state index contributed by atoms with van der Waals surface area (Å²) in [6.07, 6.45) is 14.6. The van der Waals surface area contributed by atoms with Gasteiger partial charge in [0, 0.05) is 23.0 Å². The Bertz CT molecular complexity index is 1760. The second-order valence-electron chi connectivity index (χ2n) is 12.5. The summed E-state index contributed by atoms with van der Waals surface area (Å²) in [6, 6.07) is 24.9. The number of carbonyl (C=O) groups is 2. The summed E-state index contributed by atoms with van der Waals surface area (Å²) >= 11 is 6.49. The van der Waals surface area contributed by atoms with Gasteiger partial charge < -0.3 is 10.6 Å². The molecule has 1 aromatic heterocycles. The number of aromatic nitrogens is 1. The van der Waals surface area contributed by atoms with Gasteiger partial charge >= 0.3 is 0 Å². The van der Waals surface area contributed by atoms with E-state index in [0.29, 0.717) is 29.0 Å². The van der Waals surface area contributed by atoms with Gasteiger partial charge in [0.15, 0.2) is 11.9 Å². The van der Waals surface area contributed by atoms with Crippen LogP contribution < -0.4 is 16.2 Å². The SMILES string of the molecule is CCCCCCCCCCCCC(Cl)C(=O)Nc1cccc(NC2=NN(Cc3ccccc3)C(=O)C2n2ccc3ccccc3c2=O)c1. The number of hydrogen-bond donors (Lipinski definition) is 2. The highest BCUT2D eigenvalue weighted by molar-refractivity contribution is 6.32. The summed E-state index contributed by atoms with van der Waals surface area (Å²) in [5, 5.41) is 12.9. The summed E-state index contributed by atoms with van der Waals surface area (Å²) in [5.74, 6) is -0.249. The van der Waals surface area contributed by atoms with Crippen LogP contribution in [0.2, 0.25) is 0 Å². The molecule has 0 spiro atoms. The van der Waals surface area contributed by atoms with Crippen molar-refractivity contribution >= 4 is 51.4 Å². The van der Waals surface area contributed by atoms with Crippen LogP contribution in [-0.4, -0.2) is 32.6 Å². The van der Waals surface area contributed by atoms with Crippen LogP contribution in [0.4, 0.5) is 11.4 Å². The van der Waals surface area contributed by atoms with Crippen molar-refractivity contribution in [3.63, 3.8) is 0 Å². The molecular weight excluding hydrogens is 622 g/mol. The van der Waals surface area contributed by atoms with Crippen molar-refractivity contribution in [3.05, 3.63) is 107 Å². The minimum absolute atomic E-state index is 0.243. The number of amidine groups is 1. The lowest BCUT2D eigenvalue weighted by Crippen LogP contribution is -2.37. The number of rotatable bonds is 17. The minimum atomic E-state index is -0.989. The third-order valence-corrected chi connectivity index (χ3v) is 9.18. The lowest BCUT2D eigenvalue weighted by Gasteiger charge is -2.18. The fourth-order valence-electron chi connectivity index (χ4n) is 6.10. The molecule has 2 heterocycles. The van der Waals surface area contributed by atoms with E-state index in [1.165, 1.54) is 60.9 Å². The van der Waals surface area contributed by atoms with Crippen LogP contribution in [0.1, 0.15) is 89.2 Å². The smallest absolute Gasteiger partial charge is 0.274 e. The molecule has 0 saturated heterocycles. The van der Waals surface area contributed by atoms with Gasteiger partial charge in [-0.25, -0.2) is 5.01 Å². The molecule has 3 aromatic carbocycles. The van der Waals surface area contributed by atoms with Gasteiger partial charge in [-0.15, -0.1) is 11.6 Å². The van der Waals surface area contributed by atoms with Crippen LogP contribution in [0.5, 0.6) is 0 Å². The topological polar surface area (TPSA) is 95.8 Å². The Hall–Kier alpha value is -4.43. The Morgan fingerprint density at radius 3 is 2.23 bits per heavy atom. The number of halogens is 1. The van der Waals surface area contributed by atoms with Crippen LogP contribution in [0.15, 0.2) is 101 Å². The lowest BCUT2D eigenvalue weighted by atomic mass is 10.1. The number of fused-ring (bicyclic) bond motifs is 1. The van der Waals surface area contributed by atoms with Crippen LogP contribution in [0, 0.1) is 0 Å². The number of pyridine rings is 1. The summed E-state index contributed by atoms with van der Waals surface area (Å²) in [7, 11) is 0. The van der Waals surface area contributed by atoms with E-state index in [-0.39, 0.29) is 23.9 Å². The van der Waals surface area contributed by atoms with E-state index >= 15 is 0 Å². The largest absolute Gasteiger partial charge is 0.340 e. The van der Waals surface area contributed by atoms with Gasteiger partial charge in [-0.05, 0) is 47.7 Å². The molecule has 8 nitrogen and oxygen atoms in total. The Morgan fingerprint density at radius 1 is 0.812 bits per heavy atom. The molecular formula is C39H46ClN5O3. The molecule has 0 bridgehead atoms. The minimum Gasteiger partial charge on any atom is -0.340 e. The third-order valence-electron chi connectivity index (χ3n) is 8.77. The highest BCUT2D eigenvalue weighted by Crippen LogP contribution is 2.26. The predicted molar refractivity (Wildman–Crippen MR) is 196 cm³/mol. The molecule has 4 aromatic rings. The molecule has 2 atom stereocenters. The van der Waals surface area contributed by atoms with Crippen molar-refractivity contribution < 1.29 is 9.59 Å². The zero-order chi connectivity index (χ0) is 33.7. The maximum Gasteiger partial charge on any atom is 0.274 e. The van der Waals surface area contributed by atoms with Crippen molar-refractivity contribution in [3.8, 4) is 0 Å². The summed E-state index contributed by atoms with van der Waals surface area (Å²) < 4.78 is 1.43. The highest BCUT2D eigenvalue weighted by Gasteiger charge is 2.38. The summed E-state index contributed by atoms with van der Waals surface area (Å²) in [4.78, 5) is 40.4. The molecule has 9 heteroatoms. The first kappa shape index (κ1) is 34.9. The number of amides is 2. The van der Waals surface area contributed by atoms with Crippen LogP contribution in [0.25, 0.3) is 10.8 Å². The van der Waals surface area contributed by atoms with E-state index < -0.39 is 11.4 Å². The fraction of sp³-hybridized carbons (Fsp3) is 0.385. The van der Waals surface area contributed by atoms with Gasteiger partial charge in [-0.1, -0.05) is 126 Å². The maximum atomic E-state index is 13.8. The van der Waals surface area contributed by atoms with E-state index in [1.807, 2.05) is 60.7 Å². The Kier molecular flexibility index (Phi) is 12.8. The first-order chi connectivity index (χ1) is 23.4. The fourth-order valence-corrected chi connectivity index (χ4v) is 6.31. The van der Waals surface area contributed by atoms with Gasteiger partial charge in [-0.2, -0.15) is 5.10 Å². The molecule has 0 aliphatic carbocycles. The number of alkyl halides is 1. The van der Waals surface area contributed by atoms with Crippen molar-refractivity contribution in [2.24, 2.45) is 5.10 Å². The van der Waals surface area contributed by atoms with Crippen molar-refractivity contribution in [2.45, 2.75) is 95.5 Å². The number of hydrazone groups is 1. The van der Waals surface area contributed by atoms with Crippen LogP contribution in [0.3, 0.4) is 0 Å². The van der Waals surface area contributed by atoms with Crippen LogP contribution in [-0.2, 0) is 16.1 Å². The van der Waals surface area contributed by atoms with Gasteiger partial charge in [0.2, 0.25) is 5.91 Å². The van der Waals surface area contributed by atoms with Gasteiger partial charge in [-0.3, -0.25) is 19.0 Å².